The Morgan fingerprint density at radius 1 is 1.16 bits per heavy atom. The van der Waals surface area contributed by atoms with Crippen molar-refractivity contribution in [1.82, 2.24) is 14.5 Å². The molecule has 8 heteroatoms. The molecule has 1 saturated heterocycles. The highest BCUT2D eigenvalue weighted by atomic mass is 32.2. The number of carbonyl (C=O) groups excluding carboxylic acids is 1. The van der Waals surface area contributed by atoms with Gasteiger partial charge in [-0.3, -0.25) is 0 Å². The van der Waals surface area contributed by atoms with Crippen LogP contribution in [0.4, 0.5) is 4.79 Å². The van der Waals surface area contributed by atoms with E-state index in [1.807, 2.05) is 27.7 Å². The normalized spacial score (nSPS) is 16.6. The second kappa shape index (κ2) is 7.21. The summed E-state index contributed by atoms with van der Waals surface area (Å²) in [5.74, 6) is 0.655. The van der Waals surface area contributed by atoms with E-state index in [2.05, 4.69) is 5.32 Å². The van der Waals surface area contributed by atoms with Crippen molar-refractivity contribution in [3.63, 3.8) is 0 Å². The predicted molar refractivity (Wildman–Crippen MR) is 96.3 cm³/mol. The Balaban J connectivity index is 2.06. The van der Waals surface area contributed by atoms with Gasteiger partial charge in [0.15, 0.2) is 0 Å². The van der Waals surface area contributed by atoms with Gasteiger partial charge in [0, 0.05) is 31.7 Å². The van der Waals surface area contributed by atoms with Crippen LogP contribution in [-0.4, -0.2) is 62.5 Å². The van der Waals surface area contributed by atoms with Crippen molar-refractivity contribution in [3.05, 3.63) is 23.8 Å². The molecule has 7 nitrogen and oxygen atoms in total. The fourth-order valence-corrected chi connectivity index (χ4v) is 4.20. The lowest BCUT2D eigenvalue weighted by molar-refractivity contribution is 0.165. The van der Waals surface area contributed by atoms with Gasteiger partial charge < -0.3 is 15.0 Å². The van der Waals surface area contributed by atoms with Crippen molar-refractivity contribution in [2.45, 2.75) is 38.1 Å². The number of piperazine rings is 1. The van der Waals surface area contributed by atoms with E-state index in [4.69, 9.17) is 4.74 Å². The van der Waals surface area contributed by atoms with Gasteiger partial charge in [-0.05, 0) is 51.5 Å². The molecule has 1 N–H and O–H groups in total. The molecular weight excluding hydrogens is 342 g/mol. The van der Waals surface area contributed by atoms with Gasteiger partial charge in [0.1, 0.15) is 5.75 Å². The Morgan fingerprint density at radius 2 is 1.76 bits per heavy atom. The van der Waals surface area contributed by atoms with Crippen LogP contribution < -0.4 is 10.1 Å². The minimum Gasteiger partial charge on any atom is -0.496 e. The van der Waals surface area contributed by atoms with Crippen molar-refractivity contribution >= 4 is 16.1 Å². The van der Waals surface area contributed by atoms with Gasteiger partial charge in [0.05, 0.1) is 12.0 Å². The van der Waals surface area contributed by atoms with Gasteiger partial charge in [-0.1, -0.05) is 0 Å². The zero-order chi connectivity index (χ0) is 18.8. The van der Waals surface area contributed by atoms with Crippen LogP contribution in [0.5, 0.6) is 5.75 Å². The van der Waals surface area contributed by atoms with Gasteiger partial charge >= 0.3 is 6.03 Å². The van der Waals surface area contributed by atoms with Gasteiger partial charge in [-0.25, -0.2) is 13.2 Å². The first-order valence-electron chi connectivity index (χ1n) is 8.26. The lowest BCUT2D eigenvalue weighted by Gasteiger charge is -2.35. The van der Waals surface area contributed by atoms with Crippen molar-refractivity contribution in [2.75, 3.05) is 33.3 Å². The van der Waals surface area contributed by atoms with Crippen LogP contribution in [0.3, 0.4) is 0 Å². The van der Waals surface area contributed by atoms with Gasteiger partial charge in [-0.2, -0.15) is 4.31 Å². The number of nitrogens with zero attached hydrogens (tertiary/aromatic N) is 2. The van der Waals surface area contributed by atoms with Crippen LogP contribution in [-0.2, 0) is 10.0 Å². The monoisotopic (exact) mass is 369 g/mol. The van der Waals surface area contributed by atoms with Gasteiger partial charge in [0.25, 0.3) is 0 Å². The van der Waals surface area contributed by atoms with E-state index >= 15 is 0 Å². The first-order chi connectivity index (χ1) is 11.5. The summed E-state index contributed by atoms with van der Waals surface area (Å²) in [6.07, 6.45) is 0. The maximum absolute atomic E-state index is 12.8. The second-order valence-electron chi connectivity index (χ2n) is 7.20. The molecule has 1 aromatic rings. The molecule has 1 aliphatic rings. The number of ether oxygens (including phenoxy) is 1. The molecule has 0 aromatic heterocycles. The highest BCUT2D eigenvalue weighted by Crippen LogP contribution is 2.24. The minimum atomic E-state index is -3.57. The van der Waals surface area contributed by atoms with Crippen LogP contribution in [0.25, 0.3) is 0 Å². The largest absolute Gasteiger partial charge is 0.496 e. The quantitative estimate of drug-likeness (QED) is 0.881. The van der Waals surface area contributed by atoms with E-state index in [9.17, 15) is 13.2 Å². The SMILES string of the molecule is COc1ccc(S(=O)(=O)N2CCN(C(=O)NC(C)(C)C)CC2)cc1C. The van der Waals surface area contributed by atoms with E-state index in [1.165, 1.54) is 4.31 Å². The molecule has 1 fully saturated rings. The number of methoxy groups -OCH3 is 1. The third-order valence-electron chi connectivity index (χ3n) is 4.01. The average Bonchev–Trinajstić information content (AvgIpc) is 2.53. The Morgan fingerprint density at radius 3 is 2.24 bits per heavy atom. The Kier molecular flexibility index (Phi) is 5.63. The summed E-state index contributed by atoms with van der Waals surface area (Å²) >= 11 is 0. The molecule has 0 saturated carbocycles. The predicted octanol–water partition coefficient (Wildman–Crippen LogP) is 1.82. The third-order valence-corrected chi connectivity index (χ3v) is 5.91. The molecule has 1 aliphatic heterocycles. The van der Waals surface area contributed by atoms with Crippen LogP contribution in [0, 0.1) is 6.92 Å². The van der Waals surface area contributed by atoms with Gasteiger partial charge in [-0.15, -0.1) is 0 Å². The zero-order valence-corrected chi connectivity index (χ0v) is 16.3. The van der Waals surface area contributed by atoms with Crippen molar-refractivity contribution in [3.8, 4) is 5.75 Å². The maximum atomic E-state index is 12.8. The minimum absolute atomic E-state index is 0.162. The number of urea groups is 1. The molecule has 2 amide bonds. The van der Waals surface area contributed by atoms with Crippen molar-refractivity contribution in [1.29, 1.82) is 0 Å². The summed E-state index contributed by atoms with van der Waals surface area (Å²) in [6, 6.07) is 4.67. The van der Waals surface area contributed by atoms with E-state index in [0.717, 1.165) is 5.56 Å². The number of aryl methyl sites for hydroxylation is 1. The molecular formula is C17H27N3O4S. The molecule has 1 aromatic carbocycles. The molecule has 0 aliphatic carbocycles. The molecule has 0 radical (unpaired) electrons. The van der Waals surface area contributed by atoms with E-state index in [1.54, 1.807) is 30.2 Å². The number of hydrogen-bond acceptors (Lipinski definition) is 4. The summed E-state index contributed by atoms with van der Waals surface area (Å²) in [6.45, 7) is 8.86. The van der Waals surface area contributed by atoms with Crippen LogP contribution >= 0.6 is 0 Å². The molecule has 25 heavy (non-hydrogen) atoms. The molecule has 0 unspecified atom stereocenters. The summed E-state index contributed by atoms with van der Waals surface area (Å²) in [7, 11) is -2.02. The fourth-order valence-electron chi connectivity index (χ4n) is 2.69. The average molecular weight is 369 g/mol. The summed E-state index contributed by atoms with van der Waals surface area (Å²) in [4.78, 5) is 14.1. The van der Waals surface area contributed by atoms with Crippen LogP contribution in [0.2, 0.25) is 0 Å². The zero-order valence-electron chi connectivity index (χ0n) is 15.5. The number of carbonyl (C=O) groups is 1. The van der Waals surface area contributed by atoms with E-state index in [0.29, 0.717) is 18.8 Å². The third kappa shape index (κ3) is 4.64. The highest BCUT2D eigenvalue weighted by molar-refractivity contribution is 7.89. The standard InChI is InChI=1S/C17H27N3O4S/c1-13-12-14(6-7-15(13)24-5)25(22,23)20-10-8-19(9-11-20)16(21)18-17(2,3)4/h6-7,12H,8-11H2,1-5H3,(H,18,21). The molecule has 0 spiro atoms. The van der Waals surface area contributed by atoms with Crippen molar-refractivity contribution < 1.29 is 17.9 Å². The summed E-state index contributed by atoms with van der Waals surface area (Å²) in [5.41, 5.74) is 0.452. The molecule has 1 heterocycles. The smallest absolute Gasteiger partial charge is 0.317 e. The summed E-state index contributed by atoms with van der Waals surface area (Å²) < 4.78 is 32.2. The Labute approximate surface area is 150 Å². The van der Waals surface area contributed by atoms with Crippen LogP contribution in [0.15, 0.2) is 23.1 Å². The number of benzene rings is 1. The maximum Gasteiger partial charge on any atom is 0.317 e. The molecule has 2 rings (SSSR count). The number of sulfonamides is 1. The summed E-state index contributed by atoms with van der Waals surface area (Å²) in [5, 5.41) is 2.90. The molecule has 0 bridgehead atoms. The first-order valence-corrected chi connectivity index (χ1v) is 9.70. The van der Waals surface area contributed by atoms with E-state index < -0.39 is 10.0 Å². The van der Waals surface area contributed by atoms with E-state index in [-0.39, 0.29) is 29.6 Å². The van der Waals surface area contributed by atoms with Crippen LogP contribution in [0.1, 0.15) is 26.3 Å². The number of amides is 2. The van der Waals surface area contributed by atoms with Crippen molar-refractivity contribution in [2.24, 2.45) is 0 Å². The molecule has 0 atom stereocenters. The lowest BCUT2D eigenvalue weighted by atomic mass is 10.1. The Hall–Kier alpha value is -1.80. The highest BCUT2D eigenvalue weighted by Gasteiger charge is 2.31. The number of hydrogen-bond donors (Lipinski definition) is 1. The molecule has 140 valence electrons. The topological polar surface area (TPSA) is 79.0 Å². The fraction of sp³-hybridized carbons (Fsp3) is 0.588. The second-order valence-corrected chi connectivity index (χ2v) is 9.14. The first kappa shape index (κ1) is 19.5. The number of rotatable bonds is 3. The lowest BCUT2D eigenvalue weighted by Crippen LogP contribution is -2.55. The Bertz CT molecular complexity index is 733. The number of nitrogens with one attached hydrogen (secondary N) is 1. The van der Waals surface area contributed by atoms with Gasteiger partial charge in [0.2, 0.25) is 10.0 Å².